The van der Waals surface area contributed by atoms with Crippen molar-refractivity contribution in [2.24, 2.45) is 0 Å². The summed E-state index contributed by atoms with van der Waals surface area (Å²) in [6, 6.07) is 10.9. The predicted octanol–water partition coefficient (Wildman–Crippen LogP) is 5.59. The van der Waals surface area contributed by atoms with Gasteiger partial charge in [-0.25, -0.2) is 4.39 Å². The Kier molecular flexibility index (Phi) is 10.2. The second-order valence-corrected chi connectivity index (χ2v) is 10.1. The molecule has 0 aliphatic heterocycles. The molecule has 0 aliphatic rings. The van der Waals surface area contributed by atoms with Crippen LogP contribution in [0.3, 0.4) is 0 Å². The van der Waals surface area contributed by atoms with E-state index in [1.165, 1.54) is 26.0 Å². The lowest BCUT2D eigenvalue weighted by atomic mass is 10.1. The number of hydrogen-bond acceptors (Lipinski definition) is 6. The van der Waals surface area contributed by atoms with Crippen molar-refractivity contribution in [1.82, 2.24) is 5.32 Å². The molecule has 5 nitrogen and oxygen atoms in total. The SMILES string of the molecule is CCOP(=O)(OCC)[C@@H](O)[C@H](Sc1ccc(F)cc1)[C@@H](NCc1ccccc1)C(F)(F)F. The fourth-order valence-electron chi connectivity index (χ4n) is 2.94. The van der Waals surface area contributed by atoms with E-state index < -0.39 is 36.7 Å². The van der Waals surface area contributed by atoms with Crippen LogP contribution in [-0.2, 0) is 20.2 Å². The molecule has 2 aromatic rings. The molecule has 0 aromatic heterocycles. The van der Waals surface area contributed by atoms with Crippen LogP contribution in [-0.4, -0.2) is 41.6 Å². The molecule has 11 heteroatoms. The summed E-state index contributed by atoms with van der Waals surface area (Å²) >= 11 is 0.623. The third-order valence-electron chi connectivity index (χ3n) is 4.37. The maximum atomic E-state index is 14.1. The molecule has 3 atom stereocenters. The predicted molar refractivity (Wildman–Crippen MR) is 116 cm³/mol. The molecule has 0 spiro atoms. The van der Waals surface area contributed by atoms with Gasteiger partial charge < -0.3 is 19.5 Å². The quantitative estimate of drug-likeness (QED) is 0.227. The second kappa shape index (κ2) is 12.2. The molecule has 0 saturated carbocycles. The Morgan fingerprint density at radius 3 is 2.09 bits per heavy atom. The summed E-state index contributed by atoms with van der Waals surface area (Å²) < 4.78 is 79.1. The van der Waals surface area contributed by atoms with Crippen molar-refractivity contribution in [3.8, 4) is 0 Å². The highest BCUT2D eigenvalue weighted by Gasteiger charge is 2.52. The summed E-state index contributed by atoms with van der Waals surface area (Å²) in [5.74, 6) is -2.66. The van der Waals surface area contributed by atoms with Gasteiger partial charge in [0, 0.05) is 11.4 Å². The zero-order chi connectivity index (χ0) is 23.8. The molecule has 2 aromatic carbocycles. The number of thioether (sulfide) groups is 1. The van der Waals surface area contributed by atoms with Crippen LogP contribution >= 0.6 is 19.4 Å². The number of benzene rings is 2. The lowest BCUT2D eigenvalue weighted by Gasteiger charge is -2.35. The van der Waals surface area contributed by atoms with Crippen LogP contribution in [0.4, 0.5) is 17.6 Å². The normalized spacial score (nSPS) is 15.3. The fourth-order valence-corrected chi connectivity index (χ4v) is 6.32. The molecule has 32 heavy (non-hydrogen) atoms. The maximum Gasteiger partial charge on any atom is 0.405 e. The van der Waals surface area contributed by atoms with Gasteiger partial charge in [-0.3, -0.25) is 4.57 Å². The average Bonchev–Trinajstić information content (AvgIpc) is 2.74. The molecule has 2 N–H and O–H groups in total. The lowest BCUT2D eigenvalue weighted by Crippen LogP contribution is -2.53. The van der Waals surface area contributed by atoms with Crippen LogP contribution in [0, 0.1) is 5.82 Å². The van der Waals surface area contributed by atoms with Crippen molar-refractivity contribution in [3.05, 3.63) is 66.0 Å². The molecular formula is C21H26F4NO4PS. The first kappa shape index (κ1) is 26.8. The van der Waals surface area contributed by atoms with Crippen molar-refractivity contribution < 1.29 is 36.3 Å². The first-order valence-corrected chi connectivity index (χ1v) is 12.4. The van der Waals surface area contributed by atoms with Crippen LogP contribution in [0.2, 0.25) is 0 Å². The number of aliphatic hydroxyl groups is 1. The third-order valence-corrected chi connectivity index (χ3v) is 8.13. The Morgan fingerprint density at radius 2 is 1.59 bits per heavy atom. The van der Waals surface area contributed by atoms with Crippen LogP contribution in [0.5, 0.6) is 0 Å². The summed E-state index contributed by atoms with van der Waals surface area (Å²) in [4.78, 5) is 0.255. The molecule has 0 heterocycles. The zero-order valence-electron chi connectivity index (χ0n) is 17.6. The highest BCUT2D eigenvalue weighted by atomic mass is 32.2. The van der Waals surface area contributed by atoms with E-state index in [1.54, 1.807) is 30.3 Å². The zero-order valence-corrected chi connectivity index (χ0v) is 19.3. The van der Waals surface area contributed by atoms with Crippen molar-refractivity contribution in [2.45, 2.75) is 48.6 Å². The molecule has 0 radical (unpaired) electrons. The summed E-state index contributed by atoms with van der Waals surface area (Å²) in [5.41, 5.74) is 0.597. The van der Waals surface area contributed by atoms with Crippen molar-refractivity contribution in [2.75, 3.05) is 13.2 Å². The van der Waals surface area contributed by atoms with Crippen molar-refractivity contribution >= 4 is 19.4 Å². The van der Waals surface area contributed by atoms with Gasteiger partial charge in [0.15, 0.2) is 5.85 Å². The monoisotopic (exact) mass is 495 g/mol. The first-order chi connectivity index (χ1) is 15.1. The Labute approximate surface area is 189 Å². The largest absolute Gasteiger partial charge is 0.405 e. The average molecular weight is 495 g/mol. The first-order valence-electron chi connectivity index (χ1n) is 9.93. The molecule has 178 valence electrons. The van der Waals surface area contributed by atoms with Gasteiger partial charge in [-0.1, -0.05) is 30.3 Å². The maximum absolute atomic E-state index is 14.1. The Bertz CT molecular complexity index is 860. The van der Waals surface area contributed by atoms with E-state index in [-0.39, 0.29) is 24.7 Å². The minimum atomic E-state index is -4.81. The second-order valence-electron chi connectivity index (χ2n) is 6.71. The van der Waals surface area contributed by atoms with Crippen LogP contribution in [0.1, 0.15) is 19.4 Å². The van der Waals surface area contributed by atoms with Gasteiger partial charge in [-0.15, -0.1) is 11.8 Å². The molecule has 2 rings (SSSR count). The van der Waals surface area contributed by atoms with E-state index >= 15 is 0 Å². The van der Waals surface area contributed by atoms with Gasteiger partial charge in [0.05, 0.1) is 18.5 Å². The number of halogens is 4. The highest BCUT2D eigenvalue weighted by Crippen LogP contribution is 2.56. The topological polar surface area (TPSA) is 67.8 Å². The molecule has 0 saturated heterocycles. The Balaban J connectivity index is 2.43. The number of nitrogens with one attached hydrogen (secondary N) is 1. The molecular weight excluding hydrogens is 469 g/mol. The number of alkyl halides is 3. The van der Waals surface area contributed by atoms with Crippen molar-refractivity contribution in [3.63, 3.8) is 0 Å². The van der Waals surface area contributed by atoms with E-state index in [1.807, 2.05) is 0 Å². The summed E-state index contributed by atoms with van der Waals surface area (Å²) in [7, 11) is -4.31. The van der Waals surface area contributed by atoms with Gasteiger partial charge in [0.1, 0.15) is 11.9 Å². The Morgan fingerprint density at radius 1 is 1.03 bits per heavy atom. The Hall–Kier alpha value is -1.42. The van der Waals surface area contributed by atoms with Gasteiger partial charge in [-0.05, 0) is 43.7 Å². The summed E-state index contributed by atoms with van der Waals surface area (Å²) in [6.07, 6.45) is -4.81. The van der Waals surface area contributed by atoms with Crippen LogP contribution < -0.4 is 5.32 Å². The van der Waals surface area contributed by atoms with Gasteiger partial charge in [-0.2, -0.15) is 13.2 Å². The minimum absolute atomic E-state index is 0.129. The fraction of sp³-hybridized carbons (Fsp3) is 0.429. The molecule has 0 aliphatic carbocycles. The number of hydrogen-bond donors (Lipinski definition) is 2. The van der Waals surface area contributed by atoms with E-state index in [9.17, 15) is 27.2 Å². The summed E-state index contributed by atoms with van der Waals surface area (Å²) in [5, 5.41) is 11.6. The van der Waals surface area contributed by atoms with Gasteiger partial charge in [0.25, 0.3) is 0 Å². The lowest BCUT2D eigenvalue weighted by molar-refractivity contribution is -0.159. The van der Waals surface area contributed by atoms with Crippen LogP contribution in [0.15, 0.2) is 59.5 Å². The summed E-state index contributed by atoms with van der Waals surface area (Å²) in [6.45, 7) is 2.59. The molecule has 0 amide bonds. The minimum Gasteiger partial charge on any atom is -0.379 e. The van der Waals surface area contributed by atoms with Gasteiger partial charge in [0.2, 0.25) is 0 Å². The van der Waals surface area contributed by atoms with Gasteiger partial charge >= 0.3 is 13.8 Å². The molecule has 0 unspecified atom stereocenters. The molecule has 0 fully saturated rings. The van der Waals surface area contributed by atoms with E-state index in [0.717, 1.165) is 12.1 Å². The number of rotatable bonds is 12. The van der Waals surface area contributed by atoms with Crippen LogP contribution in [0.25, 0.3) is 0 Å². The smallest absolute Gasteiger partial charge is 0.379 e. The van der Waals surface area contributed by atoms with E-state index in [2.05, 4.69) is 5.32 Å². The standard InChI is InChI=1S/C21H26F4NO4PS/c1-3-29-31(28,30-4-2)20(27)18(32-17-12-10-16(22)11-13-17)19(21(23,24)25)26-14-15-8-6-5-7-9-15/h5-13,18-20,26-27H,3-4,14H2,1-2H3/t18-,19-,20-/m1/s1. The highest BCUT2D eigenvalue weighted by molar-refractivity contribution is 8.00. The van der Waals surface area contributed by atoms with Crippen molar-refractivity contribution in [1.29, 1.82) is 0 Å². The number of aliphatic hydroxyl groups excluding tert-OH is 1. The van der Waals surface area contributed by atoms with E-state index in [0.29, 0.717) is 17.3 Å². The van der Waals surface area contributed by atoms with E-state index in [4.69, 9.17) is 9.05 Å². The molecule has 0 bridgehead atoms. The third kappa shape index (κ3) is 7.57.